The van der Waals surface area contributed by atoms with Crippen molar-refractivity contribution in [3.05, 3.63) is 83.6 Å². The van der Waals surface area contributed by atoms with Gasteiger partial charge in [-0.15, -0.1) is 0 Å². The zero-order valence-corrected chi connectivity index (χ0v) is 16.0. The van der Waals surface area contributed by atoms with Crippen LogP contribution >= 0.6 is 11.6 Å². The summed E-state index contributed by atoms with van der Waals surface area (Å²) in [7, 11) is -3.80. The average Bonchev–Trinajstić information content (AvgIpc) is 3.08. The molecule has 0 saturated carbocycles. The van der Waals surface area contributed by atoms with Gasteiger partial charge in [-0.2, -0.15) is 0 Å². The fourth-order valence-electron chi connectivity index (χ4n) is 2.94. The number of nitrogens with zero attached hydrogens (tertiary/aromatic N) is 2. The van der Waals surface area contributed by atoms with E-state index in [4.69, 9.17) is 11.6 Å². The second-order valence-corrected chi connectivity index (χ2v) is 8.16. The van der Waals surface area contributed by atoms with E-state index in [-0.39, 0.29) is 4.90 Å². The van der Waals surface area contributed by atoms with Crippen LogP contribution in [-0.2, 0) is 10.0 Å². The summed E-state index contributed by atoms with van der Waals surface area (Å²) >= 11 is 6.09. The van der Waals surface area contributed by atoms with Gasteiger partial charge in [0.25, 0.3) is 10.0 Å². The Labute approximate surface area is 162 Å². The lowest BCUT2D eigenvalue weighted by Gasteiger charge is -2.13. The van der Waals surface area contributed by atoms with E-state index in [1.54, 1.807) is 31.2 Å². The molecule has 4 aromatic rings. The van der Waals surface area contributed by atoms with Crippen LogP contribution in [0.2, 0.25) is 5.02 Å². The Morgan fingerprint density at radius 2 is 1.78 bits per heavy atom. The van der Waals surface area contributed by atoms with E-state index in [9.17, 15) is 8.42 Å². The van der Waals surface area contributed by atoms with E-state index >= 15 is 0 Å². The molecule has 136 valence electrons. The fourth-order valence-corrected chi connectivity index (χ4v) is 4.52. The SMILES string of the molecule is Cc1c(Cl)cccc1S(=O)(=O)Nc1ccccc1-c1cn2ccccc2n1. The lowest BCUT2D eigenvalue weighted by atomic mass is 10.1. The molecule has 0 aliphatic rings. The van der Waals surface area contributed by atoms with Gasteiger partial charge in [0.05, 0.1) is 16.3 Å². The highest BCUT2D eigenvalue weighted by atomic mass is 35.5. The molecular weight excluding hydrogens is 382 g/mol. The number of imidazole rings is 1. The molecule has 2 heterocycles. The van der Waals surface area contributed by atoms with Crippen molar-refractivity contribution in [2.24, 2.45) is 0 Å². The highest BCUT2D eigenvalue weighted by Crippen LogP contribution is 2.30. The van der Waals surface area contributed by atoms with Gasteiger partial charge in [-0.1, -0.05) is 41.9 Å². The van der Waals surface area contributed by atoms with Crippen molar-refractivity contribution >= 4 is 33.0 Å². The van der Waals surface area contributed by atoms with E-state index in [0.717, 1.165) is 5.65 Å². The smallest absolute Gasteiger partial charge is 0.262 e. The number of aromatic nitrogens is 2. The normalized spacial score (nSPS) is 11.6. The van der Waals surface area contributed by atoms with Crippen LogP contribution in [0.15, 0.2) is 78.0 Å². The van der Waals surface area contributed by atoms with E-state index in [2.05, 4.69) is 9.71 Å². The summed E-state index contributed by atoms with van der Waals surface area (Å²) in [6, 6.07) is 17.7. The second-order valence-electron chi connectivity index (χ2n) is 6.11. The van der Waals surface area contributed by atoms with Crippen LogP contribution < -0.4 is 4.72 Å². The Bertz CT molecular complexity index is 1220. The number of anilines is 1. The predicted molar refractivity (Wildman–Crippen MR) is 108 cm³/mol. The quantitative estimate of drug-likeness (QED) is 0.539. The van der Waals surface area contributed by atoms with E-state index in [0.29, 0.717) is 27.5 Å². The van der Waals surface area contributed by atoms with Crippen LogP contribution in [0, 0.1) is 6.92 Å². The van der Waals surface area contributed by atoms with Gasteiger partial charge < -0.3 is 4.40 Å². The number of halogens is 1. The minimum Gasteiger partial charge on any atom is -0.306 e. The largest absolute Gasteiger partial charge is 0.306 e. The molecule has 0 fully saturated rings. The minimum atomic E-state index is -3.80. The molecule has 0 saturated heterocycles. The summed E-state index contributed by atoms with van der Waals surface area (Å²) < 4.78 is 30.4. The Balaban J connectivity index is 1.78. The van der Waals surface area contributed by atoms with Crippen molar-refractivity contribution in [3.63, 3.8) is 0 Å². The van der Waals surface area contributed by atoms with Gasteiger partial charge in [-0.25, -0.2) is 13.4 Å². The van der Waals surface area contributed by atoms with Crippen LogP contribution in [0.5, 0.6) is 0 Å². The maximum atomic E-state index is 12.9. The van der Waals surface area contributed by atoms with Crippen LogP contribution in [0.25, 0.3) is 16.9 Å². The van der Waals surface area contributed by atoms with Crippen molar-refractivity contribution in [1.29, 1.82) is 0 Å². The molecule has 2 aromatic heterocycles. The number of para-hydroxylation sites is 1. The van der Waals surface area contributed by atoms with E-state index < -0.39 is 10.0 Å². The monoisotopic (exact) mass is 397 g/mol. The van der Waals surface area contributed by atoms with Gasteiger partial charge >= 0.3 is 0 Å². The zero-order valence-electron chi connectivity index (χ0n) is 14.4. The van der Waals surface area contributed by atoms with Crippen molar-refractivity contribution in [1.82, 2.24) is 9.38 Å². The zero-order chi connectivity index (χ0) is 19.0. The minimum absolute atomic E-state index is 0.153. The third-order valence-electron chi connectivity index (χ3n) is 4.32. The third-order valence-corrected chi connectivity index (χ3v) is 6.24. The van der Waals surface area contributed by atoms with Gasteiger partial charge in [0.15, 0.2) is 0 Å². The number of benzene rings is 2. The molecule has 0 aliphatic carbocycles. The number of hydrogen-bond donors (Lipinski definition) is 1. The topological polar surface area (TPSA) is 63.5 Å². The van der Waals surface area contributed by atoms with Gasteiger partial charge in [0.1, 0.15) is 5.65 Å². The first-order chi connectivity index (χ1) is 13.0. The molecule has 7 heteroatoms. The Morgan fingerprint density at radius 1 is 1.00 bits per heavy atom. The van der Waals surface area contributed by atoms with Gasteiger partial charge in [-0.05, 0) is 42.8 Å². The van der Waals surface area contributed by atoms with Crippen molar-refractivity contribution in [2.45, 2.75) is 11.8 Å². The highest BCUT2D eigenvalue weighted by Gasteiger charge is 2.20. The summed E-state index contributed by atoms with van der Waals surface area (Å²) in [4.78, 5) is 4.74. The van der Waals surface area contributed by atoms with E-state index in [1.807, 2.05) is 47.1 Å². The Hall–Kier alpha value is -2.83. The number of nitrogens with one attached hydrogen (secondary N) is 1. The van der Waals surface area contributed by atoms with Gasteiger partial charge in [0, 0.05) is 23.0 Å². The molecular formula is C20H16ClN3O2S. The fraction of sp³-hybridized carbons (Fsp3) is 0.0500. The summed E-state index contributed by atoms with van der Waals surface area (Å²) in [6.07, 6.45) is 3.76. The summed E-state index contributed by atoms with van der Waals surface area (Å²) in [5, 5.41) is 0.409. The summed E-state index contributed by atoms with van der Waals surface area (Å²) in [6.45, 7) is 1.69. The number of pyridine rings is 1. The number of hydrogen-bond acceptors (Lipinski definition) is 3. The molecule has 0 amide bonds. The molecule has 4 rings (SSSR count). The molecule has 27 heavy (non-hydrogen) atoms. The van der Waals surface area contributed by atoms with Crippen LogP contribution in [0.4, 0.5) is 5.69 Å². The summed E-state index contributed by atoms with van der Waals surface area (Å²) in [5.41, 5.74) is 3.14. The lowest BCUT2D eigenvalue weighted by molar-refractivity contribution is 0.600. The lowest BCUT2D eigenvalue weighted by Crippen LogP contribution is -2.15. The second kappa shape index (κ2) is 6.72. The number of sulfonamides is 1. The molecule has 0 bridgehead atoms. The summed E-state index contributed by atoms with van der Waals surface area (Å²) in [5.74, 6) is 0. The third kappa shape index (κ3) is 3.29. The predicted octanol–water partition coefficient (Wildman–Crippen LogP) is 4.76. The Morgan fingerprint density at radius 3 is 2.59 bits per heavy atom. The first-order valence-electron chi connectivity index (χ1n) is 8.27. The number of rotatable bonds is 4. The highest BCUT2D eigenvalue weighted by molar-refractivity contribution is 7.92. The average molecular weight is 398 g/mol. The number of fused-ring (bicyclic) bond motifs is 1. The van der Waals surface area contributed by atoms with Crippen LogP contribution in [0.3, 0.4) is 0 Å². The molecule has 0 unspecified atom stereocenters. The van der Waals surface area contributed by atoms with Crippen molar-refractivity contribution in [2.75, 3.05) is 4.72 Å². The van der Waals surface area contributed by atoms with Crippen LogP contribution in [0.1, 0.15) is 5.56 Å². The molecule has 5 nitrogen and oxygen atoms in total. The standard InChI is InChI=1S/C20H16ClN3O2S/c1-14-16(21)8-6-10-19(14)27(25,26)23-17-9-3-2-7-15(17)18-13-24-12-5-4-11-20(24)22-18/h2-13,23H,1H3. The van der Waals surface area contributed by atoms with E-state index in [1.165, 1.54) is 6.07 Å². The molecule has 2 aromatic carbocycles. The van der Waals surface area contributed by atoms with Crippen LogP contribution in [-0.4, -0.2) is 17.8 Å². The van der Waals surface area contributed by atoms with Crippen molar-refractivity contribution < 1.29 is 8.42 Å². The van der Waals surface area contributed by atoms with Crippen molar-refractivity contribution in [3.8, 4) is 11.3 Å². The molecule has 1 N–H and O–H groups in total. The molecule has 0 radical (unpaired) electrons. The molecule has 0 spiro atoms. The molecule has 0 atom stereocenters. The first-order valence-corrected chi connectivity index (χ1v) is 10.1. The maximum absolute atomic E-state index is 12.9. The van der Waals surface area contributed by atoms with Gasteiger partial charge in [-0.3, -0.25) is 4.72 Å². The first kappa shape index (κ1) is 17.6. The Kier molecular flexibility index (Phi) is 4.37. The van der Waals surface area contributed by atoms with Gasteiger partial charge in [0.2, 0.25) is 0 Å². The molecule has 0 aliphatic heterocycles. The maximum Gasteiger partial charge on any atom is 0.262 e.